The maximum atomic E-state index is 12.2. The fourth-order valence-corrected chi connectivity index (χ4v) is 3.87. The summed E-state index contributed by atoms with van der Waals surface area (Å²) in [6, 6.07) is 7.50. The summed E-state index contributed by atoms with van der Waals surface area (Å²) >= 11 is 7.19. The van der Waals surface area contributed by atoms with Gasteiger partial charge in [-0.25, -0.2) is 4.68 Å². The van der Waals surface area contributed by atoms with E-state index in [0.29, 0.717) is 21.9 Å². The van der Waals surface area contributed by atoms with Gasteiger partial charge in [-0.1, -0.05) is 43.1 Å². The monoisotopic (exact) mass is 379 g/mol. The second-order valence-corrected chi connectivity index (χ2v) is 7.79. The van der Waals surface area contributed by atoms with E-state index in [-0.39, 0.29) is 17.7 Å². The number of nitrogen functional groups attached to an aromatic ring is 1. The largest absolute Gasteiger partial charge is 0.352 e. The lowest BCUT2D eigenvalue weighted by Crippen LogP contribution is -2.41. The number of amides is 1. The number of hydrogen-bond acceptors (Lipinski definition) is 5. The normalized spacial score (nSPS) is 20.4. The van der Waals surface area contributed by atoms with Crippen LogP contribution in [-0.2, 0) is 4.79 Å². The third-order valence-corrected chi connectivity index (χ3v) is 5.75. The molecule has 25 heavy (non-hydrogen) atoms. The van der Waals surface area contributed by atoms with Crippen molar-refractivity contribution in [3.63, 3.8) is 0 Å². The number of halogens is 1. The molecular weight excluding hydrogens is 358 g/mol. The molecule has 0 saturated heterocycles. The Bertz CT molecular complexity index is 733. The summed E-state index contributed by atoms with van der Waals surface area (Å²) in [5, 5.41) is 12.5. The highest BCUT2D eigenvalue weighted by atomic mass is 35.5. The third-order valence-electron chi connectivity index (χ3n) is 4.56. The highest BCUT2D eigenvalue weighted by Crippen LogP contribution is 2.25. The van der Waals surface area contributed by atoms with Gasteiger partial charge in [0.05, 0.1) is 5.75 Å². The Morgan fingerprint density at radius 2 is 2.04 bits per heavy atom. The number of aromatic nitrogens is 3. The lowest BCUT2D eigenvalue weighted by molar-refractivity contribution is -0.119. The van der Waals surface area contributed by atoms with E-state index in [2.05, 4.69) is 22.4 Å². The van der Waals surface area contributed by atoms with Crippen molar-refractivity contribution in [3.05, 3.63) is 29.3 Å². The van der Waals surface area contributed by atoms with E-state index in [9.17, 15) is 4.79 Å². The van der Waals surface area contributed by atoms with Crippen molar-refractivity contribution in [3.8, 4) is 11.4 Å². The number of nitrogens with zero attached hydrogens (tertiary/aromatic N) is 3. The van der Waals surface area contributed by atoms with Gasteiger partial charge in [-0.15, -0.1) is 10.2 Å². The van der Waals surface area contributed by atoms with Crippen LogP contribution in [0.15, 0.2) is 29.4 Å². The molecule has 8 heteroatoms. The maximum Gasteiger partial charge on any atom is 0.230 e. The molecule has 2 aromatic rings. The number of benzene rings is 1. The smallest absolute Gasteiger partial charge is 0.230 e. The SMILES string of the molecule is C[C@@H]1CCCC[C@@H]1NC(=O)CSc1nnc(-c2ccc(Cl)cc2)n1N. The lowest BCUT2D eigenvalue weighted by Gasteiger charge is -2.29. The van der Waals surface area contributed by atoms with Crippen LogP contribution in [-0.4, -0.2) is 32.6 Å². The first kappa shape index (κ1) is 18.1. The zero-order valence-corrected chi connectivity index (χ0v) is 15.7. The van der Waals surface area contributed by atoms with Gasteiger partial charge in [-0.2, -0.15) is 0 Å². The van der Waals surface area contributed by atoms with E-state index in [1.807, 2.05) is 12.1 Å². The summed E-state index contributed by atoms with van der Waals surface area (Å²) in [6.45, 7) is 2.20. The van der Waals surface area contributed by atoms with Crippen molar-refractivity contribution in [1.29, 1.82) is 0 Å². The molecule has 1 fully saturated rings. The molecule has 3 rings (SSSR count). The summed E-state index contributed by atoms with van der Waals surface area (Å²) in [7, 11) is 0. The predicted molar refractivity (Wildman–Crippen MR) is 101 cm³/mol. The Morgan fingerprint density at radius 3 is 2.76 bits per heavy atom. The Labute approximate surface area is 156 Å². The average molecular weight is 380 g/mol. The van der Waals surface area contributed by atoms with Gasteiger partial charge in [0, 0.05) is 16.6 Å². The summed E-state index contributed by atoms with van der Waals surface area (Å²) < 4.78 is 1.41. The van der Waals surface area contributed by atoms with Crippen LogP contribution in [0.25, 0.3) is 11.4 Å². The van der Waals surface area contributed by atoms with Crippen LogP contribution in [0, 0.1) is 5.92 Å². The van der Waals surface area contributed by atoms with Crippen LogP contribution in [0.2, 0.25) is 5.02 Å². The molecule has 0 bridgehead atoms. The van der Waals surface area contributed by atoms with Gasteiger partial charge in [0.1, 0.15) is 0 Å². The summed E-state index contributed by atoms with van der Waals surface area (Å²) in [6.07, 6.45) is 4.68. The molecule has 1 amide bonds. The number of nitrogens with one attached hydrogen (secondary N) is 1. The lowest BCUT2D eigenvalue weighted by atomic mass is 9.86. The predicted octanol–water partition coefficient (Wildman–Crippen LogP) is 3.10. The first-order chi connectivity index (χ1) is 12.0. The number of nitrogens with two attached hydrogens (primary N) is 1. The second-order valence-electron chi connectivity index (χ2n) is 6.41. The molecule has 6 nitrogen and oxygen atoms in total. The Kier molecular flexibility index (Phi) is 5.86. The second kappa shape index (κ2) is 8.10. The summed E-state index contributed by atoms with van der Waals surface area (Å²) in [5.41, 5.74) is 0.826. The van der Waals surface area contributed by atoms with E-state index in [1.165, 1.54) is 35.7 Å². The number of carbonyl (C=O) groups is 1. The number of thioether (sulfide) groups is 1. The molecule has 0 aliphatic heterocycles. The van der Waals surface area contributed by atoms with Gasteiger partial charge in [-0.3, -0.25) is 4.79 Å². The molecule has 2 atom stereocenters. The molecule has 0 radical (unpaired) electrons. The fraction of sp³-hybridized carbons (Fsp3) is 0.471. The van der Waals surface area contributed by atoms with Crippen molar-refractivity contribution in [1.82, 2.24) is 20.2 Å². The molecule has 134 valence electrons. The van der Waals surface area contributed by atoms with Crippen LogP contribution < -0.4 is 11.2 Å². The molecule has 0 spiro atoms. The number of rotatable bonds is 5. The number of hydrogen-bond donors (Lipinski definition) is 2. The van der Waals surface area contributed by atoms with Crippen molar-refractivity contribution in [2.24, 2.45) is 5.92 Å². The van der Waals surface area contributed by atoms with E-state index in [4.69, 9.17) is 17.4 Å². The minimum absolute atomic E-state index is 0.0137. The average Bonchev–Trinajstić information content (AvgIpc) is 2.97. The van der Waals surface area contributed by atoms with Gasteiger partial charge in [-0.05, 0) is 43.0 Å². The van der Waals surface area contributed by atoms with Gasteiger partial charge >= 0.3 is 0 Å². The van der Waals surface area contributed by atoms with Crippen LogP contribution >= 0.6 is 23.4 Å². The highest BCUT2D eigenvalue weighted by molar-refractivity contribution is 7.99. The van der Waals surface area contributed by atoms with Crippen molar-refractivity contribution in [2.45, 2.75) is 43.8 Å². The van der Waals surface area contributed by atoms with Crippen LogP contribution in [0.5, 0.6) is 0 Å². The highest BCUT2D eigenvalue weighted by Gasteiger charge is 2.23. The van der Waals surface area contributed by atoms with Gasteiger partial charge < -0.3 is 11.2 Å². The molecule has 1 aliphatic rings. The zero-order chi connectivity index (χ0) is 17.8. The molecule has 1 heterocycles. The van der Waals surface area contributed by atoms with Crippen molar-refractivity contribution >= 4 is 29.3 Å². The summed E-state index contributed by atoms with van der Waals surface area (Å²) in [4.78, 5) is 12.2. The van der Waals surface area contributed by atoms with Crippen molar-refractivity contribution < 1.29 is 4.79 Å². The number of carbonyl (C=O) groups excluding carboxylic acids is 1. The summed E-state index contributed by atoms with van der Waals surface area (Å²) in [5.74, 6) is 7.44. The quantitative estimate of drug-likeness (QED) is 0.615. The topological polar surface area (TPSA) is 85.8 Å². The third kappa shape index (κ3) is 4.46. The standard InChI is InChI=1S/C17H22ClN5OS/c1-11-4-2-3-5-14(11)20-15(24)10-25-17-22-21-16(23(17)19)12-6-8-13(18)9-7-12/h6-9,11,14H,2-5,10,19H2,1H3,(H,20,24)/t11-,14+/m1/s1. The van der Waals surface area contributed by atoms with E-state index in [0.717, 1.165) is 12.0 Å². The van der Waals surface area contributed by atoms with Crippen LogP contribution in [0.4, 0.5) is 0 Å². The van der Waals surface area contributed by atoms with E-state index < -0.39 is 0 Å². The Balaban J connectivity index is 1.58. The van der Waals surface area contributed by atoms with Gasteiger partial charge in [0.2, 0.25) is 11.1 Å². The molecular formula is C17H22ClN5OS. The van der Waals surface area contributed by atoms with Crippen molar-refractivity contribution in [2.75, 3.05) is 11.6 Å². The molecule has 1 aromatic heterocycles. The van der Waals surface area contributed by atoms with E-state index >= 15 is 0 Å². The minimum atomic E-state index is 0.0137. The molecule has 1 saturated carbocycles. The maximum absolute atomic E-state index is 12.2. The van der Waals surface area contributed by atoms with E-state index in [1.54, 1.807) is 12.1 Å². The van der Waals surface area contributed by atoms with Crippen LogP contribution in [0.3, 0.4) is 0 Å². The van der Waals surface area contributed by atoms with Crippen LogP contribution in [0.1, 0.15) is 32.6 Å². The first-order valence-corrected chi connectivity index (χ1v) is 9.79. The van der Waals surface area contributed by atoms with Gasteiger partial charge in [0.25, 0.3) is 0 Å². The molecule has 3 N–H and O–H groups in total. The first-order valence-electron chi connectivity index (χ1n) is 8.43. The minimum Gasteiger partial charge on any atom is -0.352 e. The Hall–Kier alpha value is -1.73. The fourth-order valence-electron chi connectivity index (χ4n) is 3.08. The zero-order valence-electron chi connectivity index (χ0n) is 14.1. The molecule has 1 aliphatic carbocycles. The molecule has 1 aromatic carbocycles. The van der Waals surface area contributed by atoms with Gasteiger partial charge in [0.15, 0.2) is 5.82 Å². The molecule has 0 unspecified atom stereocenters. The Morgan fingerprint density at radius 1 is 1.32 bits per heavy atom.